The van der Waals surface area contributed by atoms with Crippen molar-refractivity contribution < 1.29 is 4.39 Å². The summed E-state index contributed by atoms with van der Waals surface area (Å²) in [5.74, 6) is 1.08. The van der Waals surface area contributed by atoms with Crippen LogP contribution in [0, 0.1) is 5.82 Å². The average molecular weight is 420 g/mol. The minimum Gasteiger partial charge on any atom is -0.363 e. The summed E-state index contributed by atoms with van der Waals surface area (Å²) in [6, 6.07) is 11.9. The molecule has 2 bridgehead atoms. The Morgan fingerprint density at radius 2 is 1.94 bits per heavy atom. The number of likely N-dealkylation sites (tertiary alicyclic amines) is 1. The minimum atomic E-state index is -0.222. The van der Waals surface area contributed by atoms with Crippen LogP contribution in [0.2, 0.25) is 0 Å². The highest BCUT2D eigenvalue weighted by molar-refractivity contribution is 5.64. The minimum absolute atomic E-state index is 0.222. The highest BCUT2D eigenvalue weighted by Gasteiger charge is 2.42. The molecule has 2 aliphatic rings. The van der Waals surface area contributed by atoms with E-state index in [0.717, 1.165) is 36.6 Å². The van der Waals surface area contributed by atoms with Crippen molar-refractivity contribution in [1.29, 1.82) is 0 Å². The van der Waals surface area contributed by atoms with Gasteiger partial charge in [0.25, 0.3) is 0 Å². The van der Waals surface area contributed by atoms with Gasteiger partial charge in [-0.05, 0) is 49.9 Å². The van der Waals surface area contributed by atoms with Gasteiger partial charge >= 0.3 is 0 Å². The second kappa shape index (κ2) is 7.77. The van der Waals surface area contributed by atoms with Gasteiger partial charge in [0, 0.05) is 62.9 Å². The van der Waals surface area contributed by atoms with E-state index in [1.54, 1.807) is 12.4 Å². The molecule has 31 heavy (non-hydrogen) atoms. The zero-order valence-corrected chi connectivity index (χ0v) is 18.0. The Morgan fingerprint density at radius 3 is 2.58 bits per heavy atom. The van der Waals surface area contributed by atoms with Gasteiger partial charge in [-0.2, -0.15) is 0 Å². The van der Waals surface area contributed by atoms with Gasteiger partial charge in [-0.15, -0.1) is 0 Å². The van der Waals surface area contributed by atoms with E-state index in [0.29, 0.717) is 29.4 Å². The van der Waals surface area contributed by atoms with E-state index in [1.165, 1.54) is 6.07 Å². The molecule has 2 atom stereocenters. The third-order valence-electron chi connectivity index (χ3n) is 6.19. The number of likely N-dealkylation sites (N-methyl/N-ethyl adjacent to an activating group) is 1. The molecule has 2 aliphatic heterocycles. The van der Waals surface area contributed by atoms with E-state index in [9.17, 15) is 4.39 Å². The highest BCUT2D eigenvalue weighted by Crippen LogP contribution is 2.35. The van der Waals surface area contributed by atoms with Gasteiger partial charge in [-0.1, -0.05) is 0 Å². The largest absolute Gasteiger partial charge is 0.363 e. The second-order valence-corrected chi connectivity index (χ2v) is 8.49. The summed E-state index contributed by atoms with van der Waals surface area (Å²) in [7, 11) is 6.05. The number of halogens is 1. The Kier molecular flexibility index (Phi) is 4.94. The molecule has 0 saturated carbocycles. The first-order valence-corrected chi connectivity index (χ1v) is 10.5. The fourth-order valence-electron chi connectivity index (χ4n) is 4.49. The summed E-state index contributed by atoms with van der Waals surface area (Å²) in [6.45, 7) is 1.88. The number of aromatic nitrogens is 3. The summed E-state index contributed by atoms with van der Waals surface area (Å²) in [5, 5.41) is 3.13. The number of nitrogens with one attached hydrogen (secondary N) is 1. The molecule has 2 unspecified atom stereocenters. The number of hydrogen-bond acceptors (Lipinski definition) is 7. The van der Waals surface area contributed by atoms with Gasteiger partial charge in [0.05, 0.1) is 11.4 Å². The van der Waals surface area contributed by atoms with Crippen molar-refractivity contribution in [1.82, 2.24) is 19.9 Å². The summed E-state index contributed by atoms with van der Waals surface area (Å²) < 4.78 is 14.9. The summed E-state index contributed by atoms with van der Waals surface area (Å²) in [4.78, 5) is 19.8. The standard InChI is InChI=1S/C23H26FN7/c1-29(2)22-7-4-15(12-26-22)20-8-9-25-23(28-20)27-16-5-6-21(19(24)10-16)31-14-17-11-18(31)13-30(17)3/h4-10,12,17-18H,11,13-14H2,1-3H3,(H,25,27,28). The number of benzene rings is 1. The van der Waals surface area contributed by atoms with Crippen LogP contribution in [0.1, 0.15) is 6.42 Å². The Balaban J connectivity index is 1.32. The van der Waals surface area contributed by atoms with Crippen molar-refractivity contribution in [3.05, 3.63) is 54.6 Å². The molecule has 0 spiro atoms. The lowest BCUT2D eigenvalue weighted by molar-refractivity contribution is 0.292. The molecule has 0 amide bonds. The van der Waals surface area contributed by atoms with Crippen LogP contribution in [-0.4, -0.2) is 66.2 Å². The number of pyridine rings is 1. The summed E-state index contributed by atoms with van der Waals surface area (Å²) >= 11 is 0. The molecular formula is C23H26FN7. The third-order valence-corrected chi connectivity index (χ3v) is 6.19. The molecule has 2 saturated heterocycles. The zero-order valence-electron chi connectivity index (χ0n) is 18.0. The Bertz CT molecular complexity index is 1080. The second-order valence-electron chi connectivity index (χ2n) is 8.49. The van der Waals surface area contributed by atoms with Crippen molar-refractivity contribution in [2.24, 2.45) is 0 Å². The van der Waals surface area contributed by atoms with Crippen LogP contribution in [0.3, 0.4) is 0 Å². The van der Waals surface area contributed by atoms with E-state index >= 15 is 0 Å². The molecule has 0 radical (unpaired) electrons. The molecule has 0 aliphatic carbocycles. The van der Waals surface area contributed by atoms with E-state index in [4.69, 9.17) is 0 Å². The lowest BCUT2D eigenvalue weighted by atomic mass is 10.2. The molecule has 8 heteroatoms. The smallest absolute Gasteiger partial charge is 0.227 e. The molecule has 1 N–H and O–H groups in total. The number of rotatable bonds is 5. The molecule has 2 aromatic heterocycles. The van der Waals surface area contributed by atoms with Crippen LogP contribution in [0.25, 0.3) is 11.3 Å². The van der Waals surface area contributed by atoms with Crippen LogP contribution in [0.4, 0.5) is 27.5 Å². The first-order valence-electron chi connectivity index (χ1n) is 10.5. The lowest BCUT2D eigenvalue weighted by Gasteiger charge is -2.33. The number of anilines is 4. The third kappa shape index (κ3) is 3.79. The van der Waals surface area contributed by atoms with Gasteiger partial charge in [0.1, 0.15) is 11.6 Å². The molecule has 3 aromatic rings. The topological polar surface area (TPSA) is 60.4 Å². The molecule has 2 fully saturated rings. The van der Waals surface area contributed by atoms with Crippen LogP contribution in [0.5, 0.6) is 0 Å². The Labute approximate surface area is 181 Å². The van der Waals surface area contributed by atoms with E-state index in [2.05, 4.69) is 37.1 Å². The number of piperazine rings is 1. The van der Waals surface area contributed by atoms with Crippen LogP contribution >= 0.6 is 0 Å². The number of nitrogens with zero attached hydrogens (tertiary/aromatic N) is 6. The first-order chi connectivity index (χ1) is 15.0. The Morgan fingerprint density at radius 1 is 1.06 bits per heavy atom. The Hall–Kier alpha value is -3.26. The monoisotopic (exact) mass is 419 g/mol. The molecule has 7 nitrogen and oxygen atoms in total. The normalized spacial score (nSPS) is 20.3. The van der Waals surface area contributed by atoms with E-state index < -0.39 is 0 Å². The van der Waals surface area contributed by atoms with Crippen LogP contribution in [-0.2, 0) is 0 Å². The maximum Gasteiger partial charge on any atom is 0.227 e. The molecule has 160 valence electrons. The van der Waals surface area contributed by atoms with Crippen molar-refractivity contribution in [2.75, 3.05) is 49.3 Å². The predicted octanol–water partition coefficient (Wildman–Crippen LogP) is 3.38. The number of hydrogen-bond donors (Lipinski definition) is 1. The van der Waals surface area contributed by atoms with Crippen molar-refractivity contribution >= 4 is 23.1 Å². The maximum absolute atomic E-state index is 14.9. The summed E-state index contributed by atoms with van der Waals surface area (Å²) in [6.07, 6.45) is 4.59. The lowest BCUT2D eigenvalue weighted by Crippen LogP contribution is -2.44. The van der Waals surface area contributed by atoms with Crippen molar-refractivity contribution in [3.8, 4) is 11.3 Å². The fourth-order valence-corrected chi connectivity index (χ4v) is 4.49. The molecule has 1 aromatic carbocycles. The fraction of sp³-hybridized carbons (Fsp3) is 0.348. The maximum atomic E-state index is 14.9. The van der Waals surface area contributed by atoms with Gasteiger partial charge in [-0.25, -0.2) is 19.3 Å². The van der Waals surface area contributed by atoms with E-state index in [-0.39, 0.29) is 5.82 Å². The van der Waals surface area contributed by atoms with Gasteiger partial charge in [0.15, 0.2) is 0 Å². The van der Waals surface area contributed by atoms with Crippen molar-refractivity contribution in [3.63, 3.8) is 0 Å². The van der Waals surface area contributed by atoms with Gasteiger partial charge in [0.2, 0.25) is 5.95 Å². The SMILES string of the molecule is CN(C)c1ccc(-c2ccnc(Nc3ccc(N4CC5CC4CN5C)c(F)c3)n2)cn1. The summed E-state index contributed by atoms with van der Waals surface area (Å²) in [5.41, 5.74) is 2.95. The molecule has 5 rings (SSSR count). The zero-order chi connectivity index (χ0) is 21.5. The number of fused-ring (bicyclic) bond motifs is 2. The highest BCUT2D eigenvalue weighted by atomic mass is 19.1. The van der Waals surface area contributed by atoms with Crippen LogP contribution in [0.15, 0.2) is 48.8 Å². The van der Waals surface area contributed by atoms with Gasteiger partial charge < -0.3 is 15.1 Å². The van der Waals surface area contributed by atoms with Crippen molar-refractivity contribution in [2.45, 2.75) is 18.5 Å². The van der Waals surface area contributed by atoms with E-state index in [1.807, 2.05) is 49.3 Å². The quantitative estimate of drug-likeness (QED) is 0.680. The molecular weight excluding hydrogens is 393 g/mol. The predicted molar refractivity (Wildman–Crippen MR) is 121 cm³/mol. The van der Waals surface area contributed by atoms with Gasteiger partial charge in [-0.3, -0.25) is 4.90 Å². The first kappa shape index (κ1) is 19.7. The van der Waals surface area contributed by atoms with Crippen LogP contribution < -0.4 is 15.1 Å². The molecule has 4 heterocycles. The average Bonchev–Trinajstić information content (AvgIpc) is 3.34.